The van der Waals surface area contributed by atoms with Crippen molar-refractivity contribution >= 4 is 35.5 Å². The summed E-state index contributed by atoms with van der Waals surface area (Å²) in [6, 6.07) is 24.4. The Morgan fingerprint density at radius 3 is 1.93 bits per heavy atom. The first kappa shape index (κ1) is 26.6. The number of thioether (sulfide) groups is 1. The maximum Gasteiger partial charge on any atom is 0.356 e. The number of imide groups is 1. The zero-order valence-electron chi connectivity index (χ0n) is 22.5. The molecule has 3 aromatic rings. The molecule has 0 aromatic heterocycles. The smallest absolute Gasteiger partial charge is 0.356 e. The van der Waals surface area contributed by atoms with Crippen LogP contribution in [0.25, 0.3) is 0 Å². The number of hydrogen-bond acceptors (Lipinski definition) is 7. The van der Waals surface area contributed by atoms with Gasteiger partial charge in [-0.05, 0) is 41.1 Å². The first-order chi connectivity index (χ1) is 19.9. The molecule has 41 heavy (non-hydrogen) atoms. The first-order valence-corrected chi connectivity index (χ1v) is 14.2. The second-order valence-electron chi connectivity index (χ2n) is 10.1. The Hall–Kier alpha value is -4.63. The molecule has 2 atom stereocenters. The largest absolute Gasteiger partial charge is 0.448 e. The molecule has 206 valence electrons. The van der Waals surface area contributed by atoms with Crippen molar-refractivity contribution < 1.29 is 23.9 Å². The third kappa shape index (κ3) is 4.62. The highest BCUT2D eigenvalue weighted by Gasteiger charge is 2.60. The predicted molar refractivity (Wildman–Crippen MR) is 154 cm³/mol. The van der Waals surface area contributed by atoms with Gasteiger partial charge < -0.3 is 9.64 Å². The van der Waals surface area contributed by atoms with E-state index in [0.717, 1.165) is 16.0 Å². The fourth-order valence-corrected chi connectivity index (χ4v) is 6.65. The molecule has 3 aliphatic rings. The van der Waals surface area contributed by atoms with Gasteiger partial charge in [0.05, 0.1) is 11.1 Å². The van der Waals surface area contributed by atoms with Gasteiger partial charge in [0, 0.05) is 19.8 Å². The van der Waals surface area contributed by atoms with Crippen molar-refractivity contribution in [2.45, 2.75) is 17.5 Å². The number of ether oxygens (including phenoxy) is 1. The van der Waals surface area contributed by atoms with Crippen LogP contribution in [0.2, 0.25) is 0 Å². The number of carbonyl (C=O) groups excluding carboxylic acids is 4. The third-order valence-electron chi connectivity index (χ3n) is 7.27. The number of β-lactam (4-membered cyclic amide) rings is 1. The minimum Gasteiger partial charge on any atom is -0.448 e. The molecule has 3 heterocycles. The van der Waals surface area contributed by atoms with Crippen LogP contribution in [0.3, 0.4) is 0 Å². The van der Waals surface area contributed by atoms with Crippen molar-refractivity contribution in [2.24, 2.45) is 0 Å². The topological polar surface area (TPSA) is 87.2 Å². The first-order valence-electron chi connectivity index (χ1n) is 13.2. The highest BCUT2D eigenvalue weighted by atomic mass is 32.2. The molecular formula is C32H27N3O5S. The molecule has 8 nitrogen and oxygen atoms in total. The van der Waals surface area contributed by atoms with E-state index in [-0.39, 0.29) is 16.8 Å². The fourth-order valence-electron chi connectivity index (χ4n) is 5.29. The van der Waals surface area contributed by atoms with Crippen LogP contribution in [-0.4, -0.2) is 69.7 Å². The van der Waals surface area contributed by atoms with Gasteiger partial charge in [-0.1, -0.05) is 72.8 Å². The second-order valence-corrected chi connectivity index (χ2v) is 11.2. The van der Waals surface area contributed by atoms with Gasteiger partial charge in [-0.3, -0.25) is 24.2 Å². The number of nitrogens with zero attached hydrogens (tertiary/aromatic N) is 3. The number of fused-ring (bicyclic) bond motifs is 2. The average Bonchev–Trinajstić information content (AvgIpc) is 3.24. The van der Waals surface area contributed by atoms with Gasteiger partial charge >= 0.3 is 5.97 Å². The maximum atomic E-state index is 14.0. The van der Waals surface area contributed by atoms with Gasteiger partial charge in [-0.25, -0.2) is 4.79 Å². The van der Waals surface area contributed by atoms with Gasteiger partial charge in [0.2, 0.25) is 0 Å². The molecule has 0 radical (unpaired) electrons. The standard InChI is InChI=1S/C32H27N3O5S/c1-33(2)18-17-22-19-41-31-26(34-28(36)23-15-9-10-16-24(23)29(34)37)30(38)35(31)25(22)32(39)40-27(20-11-5-3-6-12-20)21-13-7-4-8-14-21/h3-18,26-27,31H,19H2,1-2H3. The molecule has 0 aliphatic carbocycles. The van der Waals surface area contributed by atoms with Crippen LogP contribution < -0.4 is 0 Å². The second kappa shape index (κ2) is 10.7. The highest BCUT2D eigenvalue weighted by Crippen LogP contribution is 2.45. The zero-order valence-corrected chi connectivity index (χ0v) is 23.3. The van der Waals surface area contributed by atoms with Crippen molar-refractivity contribution in [3.63, 3.8) is 0 Å². The molecule has 1 fully saturated rings. The number of allylic oxidation sites excluding steroid dienone is 1. The van der Waals surface area contributed by atoms with Crippen LogP contribution in [0, 0.1) is 0 Å². The summed E-state index contributed by atoms with van der Waals surface area (Å²) in [5.74, 6) is -1.74. The van der Waals surface area contributed by atoms with E-state index in [9.17, 15) is 19.2 Å². The van der Waals surface area contributed by atoms with Crippen molar-refractivity contribution in [1.82, 2.24) is 14.7 Å². The molecule has 2 unspecified atom stereocenters. The van der Waals surface area contributed by atoms with Gasteiger partial charge in [-0.2, -0.15) is 0 Å². The molecule has 3 aliphatic heterocycles. The van der Waals surface area contributed by atoms with E-state index in [1.165, 1.54) is 16.7 Å². The van der Waals surface area contributed by atoms with Gasteiger partial charge in [0.1, 0.15) is 17.1 Å². The third-order valence-corrected chi connectivity index (χ3v) is 8.56. The van der Waals surface area contributed by atoms with E-state index in [2.05, 4.69) is 0 Å². The van der Waals surface area contributed by atoms with Crippen LogP contribution in [-0.2, 0) is 14.3 Å². The van der Waals surface area contributed by atoms with E-state index in [4.69, 9.17) is 4.74 Å². The summed E-state index contributed by atoms with van der Waals surface area (Å²) in [5.41, 5.74) is 2.89. The molecule has 0 saturated carbocycles. The molecule has 6 rings (SSSR count). The van der Waals surface area contributed by atoms with E-state index < -0.39 is 41.2 Å². The summed E-state index contributed by atoms with van der Waals surface area (Å²) in [4.78, 5) is 58.4. The zero-order chi connectivity index (χ0) is 28.7. The van der Waals surface area contributed by atoms with Crippen molar-refractivity contribution in [2.75, 3.05) is 19.8 Å². The number of carbonyl (C=O) groups is 4. The van der Waals surface area contributed by atoms with Crippen LogP contribution in [0.15, 0.2) is 108 Å². The van der Waals surface area contributed by atoms with Crippen molar-refractivity contribution in [1.29, 1.82) is 0 Å². The fraction of sp³-hybridized carbons (Fsp3) is 0.188. The van der Waals surface area contributed by atoms with Gasteiger partial charge in [0.15, 0.2) is 6.10 Å². The average molecular weight is 566 g/mol. The lowest BCUT2D eigenvalue weighted by Gasteiger charge is -2.51. The Bertz CT molecular complexity index is 1530. The SMILES string of the molecule is CN(C)C=CC1=C(C(=O)OC(c2ccccc2)c2ccccc2)N2C(=O)C(N3C(=O)c4ccccc4C3=O)C2SC1. The quantitative estimate of drug-likeness (QED) is 0.241. The van der Waals surface area contributed by atoms with E-state index in [0.29, 0.717) is 11.3 Å². The van der Waals surface area contributed by atoms with Gasteiger partial charge in [0.25, 0.3) is 17.7 Å². The number of hydrogen-bond donors (Lipinski definition) is 0. The molecule has 3 amide bonds. The molecule has 1 saturated heterocycles. The number of benzene rings is 3. The summed E-state index contributed by atoms with van der Waals surface area (Å²) < 4.78 is 6.16. The Labute approximate surface area is 241 Å². The Morgan fingerprint density at radius 1 is 0.854 bits per heavy atom. The predicted octanol–water partition coefficient (Wildman–Crippen LogP) is 4.23. The summed E-state index contributed by atoms with van der Waals surface area (Å²) in [7, 11) is 3.73. The monoisotopic (exact) mass is 565 g/mol. The Morgan fingerprint density at radius 2 is 1.39 bits per heavy atom. The van der Waals surface area contributed by atoms with Crippen molar-refractivity contribution in [3.05, 3.63) is 131 Å². The minimum atomic E-state index is -1.01. The number of rotatable bonds is 7. The molecule has 9 heteroatoms. The summed E-state index contributed by atoms with van der Waals surface area (Å²) in [5, 5.41) is -0.601. The summed E-state index contributed by atoms with van der Waals surface area (Å²) >= 11 is 1.41. The lowest BCUT2D eigenvalue weighted by molar-refractivity contribution is -0.155. The Kier molecular flexibility index (Phi) is 6.96. The van der Waals surface area contributed by atoms with Crippen LogP contribution in [0.5, 0.6) is 0 Å². The van der Waals surface area contributed by atoms with E-state index in [1.54, 1.807) is 36.5 Å². The molecule has 3 aromatic carbocycles. The normalized spacial score (nSPS) is 19.9. The lowest BCUT2D eigenvalue weighted by Crippen LogP contribution is -2.71. The molecule has 0 bridgehead atoms. The number of amides is 3. The molecular weight excluding hydrogens is 538 g/mol. The summed E-state index contributed by atoms with van der Waals surface area (Å²) in [6.45, 7) is 0. The van der Waals surface area contributed by atoms with E-state index in [1.807, 2.05) is 79.7 Å². The maximum absolute atomic E-state index is 14.0. The van der Waals surface area contributed by atoms with Crippen molar-refractivity contribution in [3.8, 4) is 0 Å². The van der Waals surface area contributed by atoms with Crippen LogP contribution in [0.4, 0.5) is 0 Å². The molecule has 0 spiro atoms. The highest BCUT2D eigenvalue weighted by molar-refractivity contribution is 8.00. The molecule has 0 N–H and O–H groups in total. The minimum absolute atomic E-state index is 0.126. The number of esters is 1. The Balaban J connectivity index is 1.34. The van der Waals surface area contributed by atoms with Crippen LogP contribution in [0.1, 0.15) is 37.9 Å². The summed E-state index contributed by atoms with van der Waals surface area (Å²) in [6.07, 6.45) is 2.90. The van der Waals surface area contributed by atoms with Gasteiger partial charge in [-0.15, -0.1) is 11.8 Å². The lowest BCUT2D eigenvalue weighted by atomic mass is 10.00. The van der Waals surface area contributed by atoms with Crippen LogP contribution >= 0.6 is 11.8 Å². The van der Waals surface area contributed by atoms with E-state index >= 15 is 0 Å².